The van der Waals surface area contributed by atoms with E-state index >= 15 is 0 Å². The maximum atomic E-state index is 11.4. The van der Waals surface area contributed by atoms with Crippen LogP contribution in [0, 0.1) is 5.92 Å². The van der Waals surface area contributed by atoms with E-state index in [4.69, 9.17) is 0 Å². The number of aromatic amines is 1. The molecular formula is C12H19N5O. The first-order valence-electron chi connectivity index (χ1n) is 6.28. The predicted molar refractivity (Wildman–Crippen MR) is 69.6 cm³/mol. The van der Waals surface area contributed by atoms with Crippen LogP contribution >= 0.6 is 0 Å². The van der Waals surface area contributed by atoms with Gasteiger partial charge in [-0.3, -0.25) is 0 Å². The summed E-state index contributed by atoms with van der Waals surface area (Å²) in [7, 11) is 0. The number of likely N-dealkylation sites (N-methyl/N-ethyl adjacent to an activating group) is 1. The fourth-order valence-corrected chi connectivity index (χ4v) is 1.98. The Labute approximate surface area is 105 Å². The number of hydrogen-bond acceptors (Lipinski definition) is 4. The predicted octanol–water partition coefficient (Wildman–Crippen LogP) is 0.594. The van der Waals surface area contributed by atoms with Crippen LogP contribution in [0.25, 0.3) is 5.65 Å². The van der Waals surface area contributed by atoms with Crippen LogP contribution in [-0.4, -0.2) is 32.4 Å². The van der Waals surface area contributed by atoms with E-state index in [0.29, 0.717) is 17.6 Å². The van der Waals surface area contributed by atoms with Crippen molar-refractivity contribution in [3.05, 3.63) is 28.3 Å². The van der Waals surface area contributed by atoms with Crippen molar-refractivity contribution in [3.8, 4) is 0 Å². The second kappa shape index (κ2) is 5.30. The first kappa shape index (κ1) is 12.8. The molecular weight excluding hydrogens is 230 g/mol. The van der Waals surface area contributed by atoms with Gasteiger partial charge in [0.2, 0.25) is 0 Å². The van der Waals surface area contributed by atoms with Crippen LogP contribution < -0.4 is 11.0 Å². The van der Waals surface area contributed by atoms with Crippen LogP contribution in [0.4, 0.5) is 0 Å². The third kappa shape index (κ3) is 2.59. The summed E-state index contributed by atoms with van der Waals surface area (Å²) in [6, 6.07) is 4.09. The Bertz CT molecular complexity index is 571. The first-order valence-corrected chi connectivity index (χ1v) is 6.28. The van der Waals surface area contributed by atoms with E-state index < -0.39 is 0 Å². The molecule has 98 valence electrons. The number of hydrogen-bond donors (Lipinski definition) is 2. The maximum absolute atomic E-state index is 11.4. The quantitative estimate of drug-likeness (QED) is 0.813. The summed E-state index contributed by atoms with van der Waals surface area (Å²) >= 11 is 0. The van der Waals surface area contributed by atoms with Gasteiger partial charge in [0.1, 0.15) is 0 Å². The number of nitrogens with one attached hydrogen (secondary N) is 2. The van der Waals surface area contributed by atoms with Crippen molar-refractivity contribution >= 4 is 5.65 Å². The molecule has 0 saturated heterocycles. The van der Waals surface area contributed by atoms with Gasteiger partial charge < -0.3 is 5.32 Å². The molecule has 1 unspecified atom stereocenters. The molecule has 0 bridgehead atoms. The Morgan fingerprint density at radius 3 is 2.89 bits per heavy atom. The molecule has 0 aliphatic carbocycles. The van der Waals surface area contributed by atoms with Crippen LogP contribution in [0.15, 0.2) is 16.9 Å². The fraction of sp³-hybridized carbons (Fsp3) is 0.583. The Morgan fingerprint density at radius 1 is 1.44 bits per heavy atom. The maximum Gasteiger partial charge on any atom is 0.364 e. The molecule has 2 aromatic heterocycles. The minimum absolute atomic E-state index is 0.295. The third-order valence-corrected chi connectivity index (χ3v) is 3.03. The molecule has 2 aromatic rings. The third-order valence-electron chi connectivity index (χ3n) is 3.03. The monoisotopic (exact) mass is 249 g/mol. The largest absolute Gasteiger partial charge is 0.364 e. The minimum Gasteiger partial charge on any atom is -0.314 e. The molecule has 0 aliphatic heterocycles. The van der Waals surface area contributed by atoms with Gasteiger partial charge in [-0.2, -0.15) is 14.7 Å². The smallest absolute Gasteiger partial charge is 0.314 e. The lowest BCUT2D eigenvalue weighted by Crippen LogP contribution is -2.36. The zero-order chi connectivity index (χ0) is 13.1. The van der Waals surface area contributed by atoms with Crippen molar-refractivity contribution < 1.29 is 0 Å². The molecule has 2 rings (SSSR count). The molecule has 6 heteroatoms. The van der Waals surface area contributed by atoms with Crippen LogP contribution in [0.2, 0.25) is 0 Å². The zero-order valence-electron chi connectivity index (χ0n) is 11.0. The fourth-order valence-electron chi connectivity index (χ4n) is 1.98. The summed E-state index contributed by atoms with van der Waals surface area (Å²) in [5.41, 5.74) is 1.15. The van der Waals surface area contributed by atoms with E-state index in [0.717, 1.165) is 18.7 Å². The lowest BCUT2D eigenvalue weighted by molar-refractivity contribution is 0.401. The molecule has 0 aromatic carbocycles. The minimum atomic E-state index is -0.295. The normalized spacial score (nSPS) is 13.3. The molecule has 1 atom stereocenters. The molecule has 0 saturated carbocycles. The van der Waals surface area contributed by atoms with E-state index in [1.807, 2.05) is 12.1 Å². The molecule has 0 aliphatic rings. The molecule has 0 amide bonds. The summed E-state index contributed by atoms with van der Waals surface area (Å²) in [5.74, 6) is 0.517. The molecule has 0 radical (unpaired) electrons. The van der Waals surface area contributed by atoms with Crippen LogP contribution in [0.5, 0.6) is 0 Å². The van der Waals surface area contributed by atoms with Crippen molar-refractivity contribution in [1.29, 1.82) is 0 Å². The lowest BCUT2D eigenvalue weighted by Gasteiger charge is -2.21. The average Bonchev–Trinajstić information content (AvgIpc) is 2.70. The van der Waals surface area contributed by atoms with Gasteiger partial charge in [-0.25, -0.2) is 9.89 Å². The molecule has 6 nitrogen and oxygen atoms in total. The van der Waals surface area contributed by atoms with Crippen molar-refractivity contribution in [2.45, 2.75) is 33.2 Å². The second-order valence-electron chi connectivity index (χ2n) is 4.74. The average molecular weight is 249 g/mol. The Balaban J connectivity index is 2.24. The number of H-pyrrole nitrogens is 1. The van der Waals surface area contributed by atoms with Gasteiger partial charge in [-0.15, -0.1) is 0 Å². The molecule has 0 fully saturated rings. The van der Waals surface area contributed by atoms with Gasteiger partial charge in [0.15, 0.2) is 5.65 Å². The van der Waals surface area contributed by atoms with Gasteiger partial charge in [0.05, 0.1) is 5.69 Å². The van der Waals surface area contributed by atoms with E-state index in [-0.39, 0.29) is 5.69 Å². The van der Waals surface area contributed by atoms with Crippen LogP contribution in [-0.2, 0) is 6.42 Å². The van der Waals surface area contributed by atoms with Crippen molar-refractivity contribution in [2.75, 3.05) is 6.54 Å². The highest BCUT2D eigenvalue weighted by atomic mass is 16.2. The Hall–Kier alpha value is -1.69. The summed E-state index contributed by atoms with van der Waals surface area (Å²) < 4.78 is 1.30. The van der Waals surface area contributed by atoms with E-state index in [1.54, 1.807) is 0 Å². The Morgan fingerprint density at radius 2 is 2.22 bits per heavy atom. The lowest BCUT2D eigenvalue weighted by atomic mass is 9.99. The van der Waals surface area contributed by atoms with Crippen molar-refractivity contribution in [2.24, 2.45) is 5.92 Å². The van der Waals surface area contributed by atoms with Crippen LogP contribution in [0.1, 0.15) is 26.5 Å². The summed E-state index contributed by atoms with van der Waals surface area (Å²) in [6.45, 7) is 7.37. The van der Waals surface area contributed by atoms with Crippen LogP contribution in [0.3, 0.4) is 0 Å². The van der Waals surface area contributed by atoms with Crippen molar-refractivity contribution in [3.63, 3.8) is 0 Å². The van der Waals surface area contributed by atoms with Crippen molar-refractivity contribution in [1.82, 2.24) is 25.1 Å². The summed E-state index contributed by atoms with van der Waals surface area (Å²) in [6.07, 6.45) is 0.805. The van der Waals surface area contributed by atoms with E-state index in [2.05, 4.69) is 41.4 Å². The van der Waals surface area contributed by atoms with Gasteiger partial charge in [-0.1, -0.05) is 20.8 Å². The van der Waals surface area contributed by atoms with Gasteiger partial charge in [0, 0.05) is 12.5 Å². The van der Waals surface area contributed by atoms with E-state index in [1.165, 1.54) is 4.52 Å². The first-order chi connectivity index (χ1) is 8.61. The Kier molecular flexibility index (Phi) is 3.76. The highest BCUT2D eigenvalue weighted by Gasteiger charge is 2.14. The number of fused-ring (bicyclic) bond motifs is 1. The molecule has 18 heavy (non-hydrogen) atoms. The summed E-state index contributed by atoms with van der Waals surface area (Å²) in [4.78, 5) is 11.4. The molecule has 2 heterocycles. The highest BCUT2D eigenvalue weighted by Crippen LogP contribution is 2.08. The van der Waals surface area contributed by atoms with Gasteiger partial charge in [0.25, 0.3) is 0 Å². The SMILES string of the molecule is CCNC(Cc1ccc2n[nH]c(=O)n2n1)C(C)C. The second-order valence-corrected chi connectivity index (χ2v) is 4.74. The highest BCUT2D eigenvalue weighted by molar-refractivity contribution is 5.34. The van der Waals surface area contributed by atoms with E-state index in [9.17, 15) is 4.79 Å². The van der Waals surface area contributed by atoms with Gasteiger partial charge >= 0.3 is 5.69 Å². The topological polar surface area (TPSA) is 75.1 Å². The number of rotatable bonds is 5. The summed E-state index contributed by atoms with van der Waals surface area (Å²) in [5, 5.41) is 14.0. The number of aromatic nitrogens is 4. The van der Waals surface area contributed by atoms with Gasteiger partial charge in [-0.05, 0) is 24.6 Å². The zero-order valence-corrected chi connectivity index (χ0v) is 11.0. The molecule has 0 spiro atoms. The standard InChI is InChI=1S/C12H19N5O/c1-4-13-10(8(2)3)7-9-5-6-11-14-15-12(18)17(11)16-9/h5-6,8,10,13H,4,7H2,1-3H3,(H,15,18). The molecule has 2 N–H and O–H groups in total. The number of nitrogens with zero attached hydrogens (tertiary/aromatic N) is 3.